The molecule has 4 rings (SSSR count). The van der Waals surface area contributed by atoms with Crippen LogP contribution in [-0.2, 0) is 6.54 Å². The van der Waals surface area contributed by atoms with Gasteiger partial charge in [-0.2, -0.15) is 9.97 Å². The van der Waals surface area contributed by atoms with E-state index in [0.717, 1.165) is 36.3 Å². The number of allylic oxidation sites excluding steroid dienone is 1. The lowest BCUT2D eigenvalue weighted by Gasteiger charge is -2.10. The molecule has 1 aliphatic rings. The van der Waals surface area contributed by atoms with Crippen molar-refractivity contribution < 1.29 is 4.74 Å². The maximum Gasteiger partial charge on any atom is 0.320 e. The molecule has 25 heavy (non-hydrogen) atoms. The highest BCUT2D eigenvalue weighted by atomic mass is 16.5. The third-order valence-electron chi connectivity index (χ3n) is 4.32. The predicted octanol–water partition coefficient (Wildman–Crippen LogP) is 2.74. The lowest BCUT2D eigenvalue weighted by molar-refractivity contribution is 0.285. The maximum absolute atomic E-state index is 6.07. The van der Waals surface area contributed by atoms with E-state index in [-0.39, 0.29) is 0 Å². The van der Waals surface area contributed by atoms with E-state index in [9.17, 15) is 0 Å². The number of fused-ring (bicyclic) bond motifs is 2. The van der Waals surface area contributed by atoms with Gasteiger partial charge in [-0.3, -0.25) is 4.98 Å². The Labute approximate surface area is 145 Å². The normalized spacial score (nSPS) is 16.2. The van der Waals surface area contributed by atoms with Crippen LogP contribution in [-0.4, -0.2) is 31.1 Å². The van der Waals surface area contributed by atoms with Crippen LogP contribution in [0, 0.1) is 6.92 Å². The Morgan fingerprint density at radius 2 is 2.12 bits per heavy atom. The largest absolute Gasteiger partial charge is 0.463 e. The molecule has 0 atom stereocenters. The maximum atomic E-state index is 6.07. The molecule has 0 radical (unpaired) electrons. The van der Waals surface area contributed by atoms with Gasteiger partial charge >= 0.3 is 6.01 Å². The van der Waals surface area contributed by atoms with Crippen molar-refractivity contribution in [2.45, 2.75) is 32.7 Å². The molecule has 7 heteroatoms. The molecule has 0 amide bonds. The van der Waals surface area contributed by atoms with Crippen molar-refractivity contribution >= 4 is 23.1 Å². The van der Waals surface area contributed by atoms with E-state index in [1.54, 1.807) is 0 Å². The van der Waals surface area contributed by atoms with E-state index in [4.69, 9.17) is 10.5 Å². The monoisotopic (exact) mass is 336 g/mol. The van der Waals surface area contributed by atoms with Crippen LogP contribution in [0.5, 0.6) is 6.01 Å². The minimum absolute atomic E-state index is 0.306. The Kier molecular flexibility index (Phi) is 4.05. The third-order valence-corrected chi connectivity index (χ3v) is 4.32. The highest BCUT2D eigenvalue weighted by Gasteiger charge is 2.16. The molecule has 128 valence electrons. The number of aryl methyl sites for hydroxylation is 1. The summed E-state index contributed by atoms with van der Waals surface area (Å²) in [6.07, 6.45) is 9.11. The van der Waals surface area contributed by atoms with Crippen LogP contribution < -0.4 is 10.5 Å². The predicted molar refractivity (Wildman–Crippen MR) is 96.2 cm³/mol. The zero-order valence-corrected chi connectivity index (χ0v) is 14.1. The van der Waals surface area contributed by atoms with Gasteiger partial charge in [0.1, 0.15) is 5.82 Å². The number of imidazole rings is 1. The number of hydrogen-bond donors (Lipinski definition) is 1. The first-order valence-electron chi connectivity index (χ1n) is 8.46. The van der Waals surface area contributed by atoms with Crippen LogP contribution in [0.4, 0.5) is 5.82 Å². The zero-order valence-electron chi connectivity index (χ0n) is 14.1. The van der Waals surface area contributed by atoms with E-state index in [1.165, 1.54) is 0 Å². The first-order valence-corrected chi connectivity index (χ1v) is 8.46. The molecule has 1 aliphatic heterocycles. The van der Waals surface area contributed by atoms with Crippen molar-refractivity contribution in [3.05, 3.63) is 41.5 Å². The molecule has 0 spiro atoms. The van der Waals surface area contributed by atoms with Crippen molar-refractivity contribution in [2.24, 2.45) is 0 Å². The number of nitrogens with zero attached hydrogens (tertiary/aromatic N) is 5. The summed E-state index contributed by atoms with van der Waals surface area (Å²) < 4.78 is 7.69. The summed E-state index contributed by atoms with van der Waals surface area (Å²) in [5.74, 6) is 1.16. The minimum atomic E-state index is 0.306. The summed E-state index contributed by atoms with van der Waals surface area (Å²) in [4.78, 5) is 17.9. The second kappa shape index (κ2) is 6.51. The Hall–Kier alpha value is -2.96. The first kappa shape index (κ1) is 15.6. The van der Waals surface area contributed by atoms with Crippen molar-refractivity contribution in [1.82, 2.24) is 24.5 Å². The van der Waals surface area contributed by atoms with Crippen molar-refractivity contribution in [3.63, 3.8) is 0 Å². The molecule has 0 unspecified atom stereocenters. The number of nitrogen functional groups attached to an aromatic ring is 1. The molecule has 7 nitrogen and oxygen atoms in total. The Balaban J connectivity index is 1.88. The van der Waals surface area contributed by atoms with Gasteiger partial charge in [-0.25, -0.2) is 4.98 Å². The fourth-order valence-corrected chi connectivity index (χ4v) is 2.99. The summed E-state index contributed by atoms with van der Waals surface area (Å²) in [6, 6.07) is 4.34. The molecule has 0 aliphatic carbocycles. The quantitative estimate of drug-likeness (QED) is 0.678. The standard InChI is InChI=1S/C18H20N6O/c1-12-21-15-16(19)22-18-23-17(15)24(12)11-14-13(8-6-9-20-14)7-4-2-3-5-10-25-18/h4,6-9H,2-3,5,10-11H2,1H3,(H2,19,22,23)/b7-4-. The number of aromatic nitrogens is 5. The average Bonchev–Trinajstić information content (AvgIpc) is 2.92. The van der Waals surface area contributed by atoms with Crippen molar-refractivity contribution in [2.75, 3.05) is 12.3 Å². The van der Waals surface area contributed by atoms with E-state index < -0.39 is 0 Å². The molecule has 0 saturated heterocycles. The topological polar surface area (TPSA) is 91.7 Å². The minimum Gasteiger partial charge on any atom is -0.463 e. The van der Waals surface area contributed by atoms with Crippen molar-refractivity contribution in [1.29, 1.82) is 0 Å². The van der Waals surface area contributed by atoms with Gasteiger partial charge in [0.25, 0.3) is 0 Å². The smallest absolute Gasteiger partial charge is 0.320 e. The SMILES string of the molecule is Cc1nc2c(N)nc3nc2n1Cc1ncccc1/C=C\CCCCO3. The molecular weight excluding hydrogens is 316 g/mol. The van der Waals surface area contributed by atoms with Crippen molar-refractivity contribution in [3.8, 4) is 6.01 Å². The number of pyridine rings is 1. The second-order valence-corrected chi connectivity index (χ2v) is 6.09. The highest BCUT2D eigenvalue weighted by molar-refractivity contribution is 5.82. The lowest BCUT2D eigenvalue weighted by Crippen LogP contribution is -2.08. The zero-order chi connectivity index (χ0) is 17.2. The van der Waals surface area contributed by atoms with E-state index in [1.807, 2.05) is 23.8 Å². The van der Waals surface area contributed by atoms with Gasteiger partial charge in [0.2, 0.25) is 0 Å². The van der Waals surface area contributed by atoms with E-state index in [0.29, 0.717) is 36.1 Å². The van der Waals surface area contributed by atoms with Gasteiger partial charge in [-0.15, -0.1) is 0 Å². The molecule has 0 aromatic carbocycles. The molecule has 4 heterocycles. The molecule has 3 aromatic rings. The lowest BCUT2D eigenvalue weighted by atomic mass is 10.1. The van der Waals surface area contributed by atoms with Gasteiger partial charge in [0.05, 0.1) is 18.8 Å². The van der Waals surface area contributed by atoms with Gasteiger partial charge in [-0.05, 0) is 37.8 Å². The van der Waals surface area contributed by atoms with Gasteiger partial charge < -0.3 is 15.0 Å². The fraction of sp³-hybridized carbons (Fsp3) is 0.333. The van der Waals surface area contributed by atoms with Crippen LogP contribution in [0.15, 0.2) is 24.4 Å². The Morgan fingerprint density at radius 3 is 3.04 bits per heavy atom. The molecular formula is C18H20N6O. The van der Waals surface area contributed by atoms with Crippen LogP contribution in [0.2, 0.25) is 0 Å². The number of rotatable bonds is 0. The average molecular weight is 336 g/mol. The van der Waals surface area contributed by atoms with Gasteiger partial charge in [-0.1, -0.05) is 18.2 Å². The van der Waals surface area contributed by atoms with Crippen LogP contribution in [0.1, 0.15) is 36.3 Å². The van der Waals surface area contributed by atoms with Crippen LogP contribution in [0.25, 0.3) is 17.2 Å². The molecule has 0 saturated carbocycles. The van der Waals surface area contributed by atoms with E-state index in [2.05, 4.69) is 38.2 Å². The summed E-state index contributed by atoms with van der Waals surface area (Å²) in [5, 5.41) is 0. The Bertz CT molecular complexity index is 946. The summed E-state index contributed by atoms with van der Waals surface area (Å²) >= 11 is 0. The second-order valence-electron chi connectivity index (χ2n) is 6.09. The van der Waals surface area contributed by atoms with E-state index >= 15 is 0 Å². The van der Waals surface area contributed by atoms with Gasteiger partial charge in [0.15, 0.2) is 17.0 Å². The highest BCUT2D eigenvalue weighted by Crippen LogP contribution is 2.23. The summed E-state index contributed by atoms with van der Waals surface area (Å²) in [7, 11) is 0. The Morgan fingerprint density at radius 1 is 1.20 bits per heavy atom. The molecule has 2 N–H and O–H groups in total. The summed E-state index contributed by atoms with van der Waals surface area (Å²) in [5.41, 5.74) is 9.43. The van der Waals surface area contributed by atoms with Crippen LogP contribution in [0.3, 0.4) is 0 Å². The van der Waals surface area contributed by atoms with Gasteiger partial charge in [0, 0.05) is 6.20 Å². The number of ether oxygens (including phenoxy) is 1. The number of anilines is 1. The first-order chi connectivity index (χ1) is 12.2. The molecule has 3 aromatic heterocycles. The molecule has 0 fully saturated rings. The van der Waals surface area contributed by atoms with Crippen LogP contribution >= 0.6 is 0 Å². The number of hydrogen-bond acceptors (Lipinski definition) is 6. The fourth-order valence-electron chi connectivity index (χ4n) is 2.99. The number of nitrogens with two attached hydrogens (primary N) is 1. The molecule has 2 bridgehead atoms. The third kappa shape index (κ3) is 3.05. The summed E-state index contributed by atoms with van der Waals surface area (Å²) in [6.45, 7) is 3.08.